The topological polar surface area (TPSA) is 3.24 Å². The van der Waals surface area contributed by atoms with Gasteiger partial charge in [0, 0.05) is 22.9 Å². The van der Waals surface area contributed by atoms with E-state index in [9.17, 15) is 0 Å². The largest absolute Gasteiger partial charge is 0.302 e. The maximum Gasteiger partial charge on any atom is 0.0225 e. The van der Waals surface area contributed by atoms with Crippen molar-refractivity contribution in [2.75, 3.05) is 31.3 Å². The van der Waals surface area contributed by atoms with Gasteiger partial charge in [-0.05, 0) is 38.3 Å². The van der Waals surface area contributed by atoms with Gasteiger partial charge in [-0.15, -0.1) is 11.6 Å². The van der Waals surface area contributed by atoms with Gasteiger partial charge in [0.2, 0.25) is 0 Å². The molecule has 1 rings (SSSR count). The Bertz CT molecular complexity index is 196. The molecule has 16 heavy (non-hydrogen) atoms. The van der Waals surface area contributed by atoms with Gasteiger partial charge >= 0.3 is 0 Å². The summed E-state index contributed by atoms with van der Waals surface area (Å²) >= 11 is 7.89. The third-order valence-electron chi connectivity index (χ3n) is 3.47. The predicted molar refractivity (Wildman–Crippen MR) is 76.7 cm³/mol. The molecule has 0 spiro atoms. The Morgan fingerprint density at radius 1 is 1.31 bits per heavy atom. The van der Waals surface area contributed by atoms with E-state index >= 15 is 0 Å². The molecule has 0 aliphatic carbocycles. The lowest BCUT2D eigenvalue weighted by atomic mass is 10.0. The minimum absolute atomic E-state index is 0.483. The normalized spacial score (nSPS) is 24.0. The van der Waals surface area contributed by atoms with Crippen LogP contribution in [-0.2, 0) is 0 Å². The zero-order valence-electron chi connectivity index (χ0n) is 11.0. The summed E-state index contributed by atoms with van der Waals surface area (Å²) in [7, 11) is 0. The molecule has 0 aromatic heterocycles. The van der Waals surface area contributed by atoms with Crippen molar-refractivity contribution in [1.82, 2.24) is 4.90 Å². The molecule has 0 saturated carbocycles. The Balaban J connectivity index is 2.22. The Hall–Kier alpha value is 0.600. The zero-order chi connectivity index (χ0) is 12.0. The van der Waals surface area contributed by atoms with Crippen LogP contribution in [0, 0.1) is 5.92 Å². The second kappa shape index (κ2) is 7.13. The van der Waals surface area contributed by atoms with Gasteiger partial charge in [-0.2, -0.15) is 11.8 Å². The first-order valence-electron chi connectivity index (χ1n) is 6.46. The van der Waals surface area contributed by atoms with Crippen molar-refractivity contribution in [3.63, 3.8) is 0 Å². The van der Waals surface area contributed by atoms with Crippen molar-refractivity contribution < 1.29 is 0 Å². The van der Waals surface area contributed by atoms with E-state index in [0.29, 0.717) is 4.75 Å². The molecule has 1 fully saturated rings. The van der Waals surface area contributed by atoms with Gasteiger partial charge in [0.25, 0.3) is 0 Å². The first-order chi connectivity index (χ1) is 7.53. The molecule has 96 valence electrons. The van der Waals surface area contributed by atoms with E-state index in [0.717, 1.165) is 18.2 Å². The summed E-state index contributed by atoms with van der Waals surface area (Å²) < 4.78 is 0.483. The number of rotatable bonds is 5. The number of nitrogens with zero attached hydrogens (tertiary/aromatic N) is 1. The van der Waals surface area contributed by atoms with Crippen LogP contribution in [0.3, 0.4) is 0 Å². The molecule has 1 aliphatic rings. The molecule has 1 aliphatic heterocycles. The molecule has 0 aromatic carbocycles. The smallest absolute Gasteiger partial charge is 0.0225 e. The minimum Gasteiger partial charge on any atom is -0.302 e. The average Bonchev–Trinajstić information content (AvgIpc) is 2.37. The average molecular weight is 264 g/mol. The van der Waals surface area contributed by atoms with Gasteiger partial charge in [-0.25, -0.2) is 0 Å². The summed E-state index contributed by atoms with van der Waals surface area (Å²) in [6.07, 6.45) is 3.79. The highest BCUT2D eigenvalue weighted by molar-refractivity contribution is 8.00. The molecule has 1 heterocycles. The van der Waals surface area contributed by atoms with E-state index in [-0.39, 0.29) is 0 Å². The highest BCUT2D eigenvalue weighted by Crippen LogP contribution is 2.30. The Morgan fingerprint density at radius 3 is 2.75 bits per heavy atom. The van der Waals surface area contributed by atoms with Gasteiger partial charge in [0.1, 0.15) is 0 Å². The van der Waals surface area contributed by atoms with Crippen molar-refractivity contribution in [3.05, 3.63) is 0 Å². The van der Waals surface area contributed by atoms with Crippen LogP contribution < -0.4 is 0 Å². The lowest BCUT2D eigenvalue weighted by Crippen LogP contribution is -2.29. The van der Waals surface area contributed by atoms with Crippen LogP contribution in [0.2, 0.25) is 0 Å². The standard InChI is InChI=1S/C13H26ClNS/c1-12(4-7-14)5-8-15-9-6-13(2,3)16-11-10-15/h12H,4-11H2,1-3H3. The molecule has 1 unspecified atom stereocenters. The van der Waals surface area contributed by atoms with Crippen LogP contribution in [0.4, 0.5) is 0 Å². The lowest BCUT2D eigenvalue weighted by molar-refractivity contribution is 0.262. The van der Waals surface area contributed by atoms with Gasteiger partial charge in [0.15, 0.2) is 0 Å². The molecule has 0 N–H and O–H groups in total. The van der Waals surface area contributed by atoms with Crippen LogP contribution in [0.15, 0.2) is 0 Å². The molecule has 0 amide bonds. The summed E-state index contributed by atoms with van der Waals surface area (Å²) in [5, 5.41) is 0. The fraction of sp³-hybridized carbons (Fsp3) is 1.00. The molecule has 1 saturated heterocycles. The van der Waals surface area contributed by atoms with Crippen LogP contribution >= 0.6 is 23.4 Å². The SMILES string of the molecule is CC(CCCl)CCN1CCSC(C)(C)CC1. The molecular weight excluding hydrogens is 238 g/mol. The van der Waals surface area contributed by atoms with Gasteiger partial charge in [-0.3, -0.25) is 0 Å². The molecule has 3 heteroatoms. The van der Waals surface area contributed by atoms with Crippen molar-refractivity contribution in [2.24, 2.45) is 5.92 Å². The van der Waals surface area contributed by atoms with Crippen LogP contribution in [0.1, 0.15) is 40.0 Å². The fourth-order valence-corrected chi connectivity index (χ4v) is 3.53. The number of halogens is 1. The lowest BCUT2D eigenvalue weighted by Gasteiger charge is -2.23. The van der Waals surface area contributed by atoms with E-state index in [1.165, 1.54) is 38.2 Å². The second-order valence-corrected chi connectivity index (χ2v) is 7.75. The van der Waals surface area contributed by atoms with Crippen LogP contribution in [-0.4, -0.2) is 40.9 Å². The molecule has 0 bridgehead atoms. The molecule has 1 nitrogen and oxygen atoms in total. The molecule has 0 aromatic rings. The molecular formula is C13H26ClNS. The van der Waals surface area contributed by atoms with Crippen molar-refractivity contribution in [1.29, 1.82) is 0 Å². The third kappa shape index (κ3) is 5.79. The van der Waals surface area contributed by atoms with E-state index in [2.05, 4.69) is 37.4 Å². The summed E-state index contributed by atoms with van der Waals surface area (Å²) in [4.78, 5) is 2.63. The van der Waals surface area contributed by atoms with E-state index < -0.39 is 0 Å². The van der Waals surface area contributed by atoms with Crippen molar-refractivity contribution in [2.45, 2.75) is 44.8 Å². The van der Waals surface area contributed by atoms with Crippen LogP contribution in [0.25, 0.3) is 0 Å². The Kier molecular flexibility index (Phi) is 6.53. The zero-order valence-corrected chi connectivity index (χ0v) is 12.5. The first-order valence-corrected chi connectivity index (χ1v) is 7.98. The second-order valence-electron chi connectivity index (χ2n) is 5.57. The maximum absolute atomic E-state index is 5.76. The summed E-state index contributed by atoms with van der Waals surface area (Å²) in [6.45, 7) is 10.9. The van der Waals surface area contributed by atoms with Gasteiger partial charge in [0.05, 0.1) is 0 Å². The maximum atomic E-state index is 5.76. The summed E-state index contributed by atoms with van der Waals surface area (Å²) in [6, 6.07) is 0. The number of hydrogen-bond donors (Lipinski definition) is 0. The third-order valence-corrected chi connectivity index (χ3v) is 5.06. The van der Waals surface area contributed by atoms with Crippen molar-refractivity contribution in [3.8, 4) is 0 Å². The van der Waals surface area contributed by atoms with Crippen molar-refractivity contribution >= 4 is 23.4 Å². The quantitative estimate of drug-likeness (QED) is 0.693. The van der Waals surface area contributed by atoms with Crippen LogP contribution in [0.5, 0.6) is 0 Å². The van der Waals surface area contributed by atoms with Gasteiger partial charge < -0.3 is 4.90 Å². The highest BCUT2D eigenvalue weighted by atomic mass is 35.5. The summed E-state index contributed by atoms with van der Waals surface area (Å²) in [5.74, 6) is 2.88. The predicted octanol–water partition coefficient (Wildman–Crippen LogP) is 3.86. The van der Waals surface area contributed by atoms with E-state index in [1.54, 1.807) is 0 Å². The Labute approximate surface area is 110 Å². The fourth-order valence-electron chi connectivity index (χ4n) is 2.02. The number of thioether (sulfide) groups is 1. The first kappa shape index (κ1) is 14.7. The molecule has 1 atom stereocenters. The summed E-state index contributed by atoms with van der Waals surface area (Å²) in [5.41, 5.74) is 0. The van der Waals surface area contributed by atoms with E-state index in [4.69, 9.17) is 11.6 Å². The Morgan fingerprint density at radius 2 is 2.06 bits per heavy atom. The molecule has 0 radical (unpaired) electrons. The van der Waals surface area contributed by atoms with Gasteiger partial charge in [-0.1, -0.05) is 20.8 Å². The van der Waals surface area contributed by atoms with E-state index in [1.807, 2.05) is 0 Å². The highest BCUT2D eigenvalue weighted by Gasteiger charge is 2.23. The number of alkyl halides is 1. The minimum atomic E-state index is 0.483. The number of hydrogen-bond acceptors (Lipinski definition) is 2. The monoisotopic (exact) mass is 263 g/mol.